The van der Waals surface area contributed by atoms with E-state index in [9.17, 15) is 32.3 Å². The molecule has 0 aliphatic carbocycles. The zero-order valence-electron chi connectivity index (χ0n) is 33.3. The fourth-order valence-electron chi connectivity index (χ4n) is 7.66. The van der Waals surface area contributed by atoms with Crippen molar-refractivity contribution in [1.29, 1.82) is 0 Å². The number of imidazole rings is 2. The number of hydrogen-bond donors (Lipinski definition) is 4. The van der Waals surface area contributed by atoms with Gasteiger partial charge in [-0.05, 0) is 54.2 Å². The summed E-state index contributed by atoms with van der Waals surface area (Å²) in [4.78, 5) is 69.1. The summed E-state index contributed by atoms with van der Waals surface area (Å²) in [5.41, 5.74) is 2.18. The number of halogens is 3. The maximum absolute atomic E-state index is 14.4. The molecule has 2 aromatic heterocycles. The van der Waals surface area contributed by atoms with Gasteiger partial charge >= 0.3 is 18.4 Å². The molecule has 4 heterocycles. The van der Waals surface area contributed by atoms with Gasteiger partial charge in [0.2, 0.25) is 11.8 Å². The van der Waals surface area contributed by atoms with Crippen LogP contribution in [0.1, 0.15) is 82.8 Å². The normalized spacial score (nSPS) is 18.1. The van der Waals surface area contributed by atoms with Crippen molar-refractivity contribution in [2.24, 2.45) is 11.8 Å². The zero-order chi connectivity index (χ0) is 41.9. The number of carbonyl (C=O) groups excluding carboxylic acids is 4. The third kappa shape index (κ3) is 8.82. The predicted molar refractivity (Wildman–Crippen MR) is 208 cm³/mol. The molecule has 4 N–H and O–H groups in total. The highest BCUT2D eigenvalue weighted by Crippen LogP contribution is 2.40. The second-order valence-corrected chi connectivity index (χ2v) is 15.3. The van der Waals surface area contributed by atoms with Gasteiger partial charge in [-0.3, -0.25) is 9.59 Å². The Morgan fingerprint density at radius 1 is 0.707 bits per heavy atom. The van der Waals surface area contributed by atoms with Gasteiger partial charge in [0.1, 0.15) is 35.1 Å². The Balaban J connectivity index is 1.18. The SMILES string of the molecule is COC(=O)N[C@H](C(=O)N1CCC[C@H]1c1ncc(-c2ccc(-c3ccc(-c4nc([C@@H]5CCCN5C(=O)[C@@H](NC(=O)OC)C(C)C)[nH]c4C(F)(F)F)cc3)cc2)[nH]1)C(C)C. The number of carbonyl (C=O) groups is 4. The van der Waals surface area contributed by atoms with Crippen molar-refractivity contribution in [3.8, 4) is 33.6 Å². The van der Waals surface area contributed by atoms with Gasteiger partial charge in [0, 0.05) is 18.7 Å². The van der Waals surface area contributed by atoms with E-state index in [4.69, 9.17) is 4.74 Å². The molecule has 310 valence electrons. The van der Waals surface area contributed by atoms with Gasteiger partial charge in [0.05, 0.1) is 38.2 Å². The molecule has 14 nitrogen and oxygen atoms in total. The number of alkyl carbamates (subject to hydrolysis) is 2. The summed E-state index contributed by atoms with van der Waals surface area (Å²) in [6, 6.07) is 11.6. The van der Waals surface area contributed by atoms with Gasteiger partial charge in [-0.15, -0.1) is 0 Å². The largest absolute Gasteiger partial charge is 0.453 e. The molecule has 2 fully saturated rings. The third-order valence-electron chi connectivity index (χ3n) is 10.8. The van der Waals surface area contributed by atoms with E-state index in [0.29, 0.717) is 38.2 Å². The van der Waals surface area contributed by atoms with Gasteiger partial charge < -0.3 is 39.9 Å². The zero-order valence-corrected chi connectivity index (χ0v) is 33.3. The van der Waals surface area contributed by atoms with E-state index in [1.54, 1.807) is 49.2 Å². The molecular formula is C41H49F3N8O6. The first-order valence-corrected chi connectivity index (χ1v) is 19.3. The molecule has 17 heteroatoms. The van der Waals surface area contributed by atoms with Crippen LogP contribution in [0, 0.1) is 11.8 Å². The molecule has 2 aliphatic heterocycles. The smallest absolute Gasteiger partial charge is 0.433 e. The lowest BCUT2D eigenvalue weighted by molar-refractivity contribution is -0.140. The van der Waals surface area contributed by atoms with E-state index in [1.807, 2.05) is 38.1 Å². The van der Waals surface area contributed by atoms with Crippen LogP contribution < -0.4 is 10.6 Å². The molecular weight excluding hydrogens is 757 g/mol. The third-order valence-corrected chi connectivity index (χ3v) is 10.8. The van der Waals surface area contributed by atoms with Crippen molar-refractivity contribution in [3.63, 3.8) is 0 Å². The topological polar surface area (TPSA) is 175 Å². The minimum atomic E-state index is -4.74. The first-order valence-electron chi connectivity index (χ1n) is 19.3. The summed E-state index contributed by atoms with van der Waals surface area (Å²) in [7, 11) is 2.45. The maximum Gasteiger partial charge on any atom is 0.433 e. The molecule has 0 spiro atoms. The van der Waals surface area contributed by atoms with Gasteiger partial charge in [0.15, 0.2) is 0 Å². The van der Waals surface area contributed by atoms with Gasteiger partial charge in [-0.2, -0.15) is 13.2 Å². The van der Waals surface area contributed by atoms with Crippen molar-refractivity contribution in [2.75, 3.05) is 27.3 Å². The van der Waals surface area contributed by atoms with E-state index in [2.05, 4.69) is 35.3 Å². The standard InChI is InChI=1S/C41H49F3N8O6/c1-22(2)31(48-39(55)57-5)37(53)51-19-7-9-29(51)35-45-21-28(46-35)26-15-11-24(12-16-26)25-13-17-27(18-14-25)33-34(41(42,43)44)50-36(47-33)30-10-8-20-52(30)38(54)32(23(3)4)49-40(56)58-6/h11-18,21-23,29-32H,7-10,19-20H2,1-6H3,(H,45,46)(H,47,50)(H,48,55)(H,49,56)/t29-,30-,31-,32-/m0/s1. The summed E-state index contributed by atoms with van der Waals surface area (Å²) in [6.45, 7) is 8.09. The fraction of sp³-hybridized carbons (Fsp3) is 0.463. The van der Waals surface area contributed by atoms with Crippen LogP contribution >= 0.6 is 0 Å². The van der Waals surface area contributed by atoms with E-state index in [-0.39, 0.29) is 40.9 Å². The number of likely N-dealkylation sites (tertiary alicyclic amines) is 2. The lowest BCUT2D eigenvalue weighted by Gasteiger charge is -2.30. The number of ether oxygens (including phenoxy) is 2. The summed E-state index contributed by atoms with van der Waals surface area (Å²) in [6.07, 6.45) is -2.00. The van der Waals surface area contributed by atoms with E-state index in [0.717, 1.165) is 28.8 Å². The van der Waals surface area contributed by atoms with Gasteiger partial charge in [-0.1, -0.05) is 76.2 Å². The number of aromatic nitrogens is 4. The number of hydrogen-bond acceptors (Lipinski definition) is 8. The number of rotatable bonds is 11. The summed E-state index contributed by atoms with van der Waals surface area (Å²) in [5.74, 6) is -0.400. The minimum Gasteiger partial charge on any atom is -0.453 e. The molecule has 6 rings (SSSR count). The van der Waals surface area contributed by atoms with Crippen molar-refractivity contribution >= 4 is 24.0 Å². The molecule has 0 saturated carbocycles. The Hall–Kier alpha value is -5.87. The molecule has 4 aromatic rings. The Labute approximate surface area is 334 Å². The van der Waals surface area contributed by atoms with Gasteiger partial charge in [-0.25, -0.2) is 19.6 Å². The minimum absolute atomic E-state index is 0.0259. The first kappa shape index (κ1) is 41.8. The van der Waals surface area contributed by atoms with Crippen LogP contribution in [-0.4, -0.2) is 93.1 Å². The molecule has 2 aliphatic rings. The summed E-state index contributed by atoms with van der Waals surface area (Å²) < 4.78 is 52.7. The van der Waals surface area contributed by atoms with Crippen molar-refractivity contribution < 1.29 is 41.8 Å². The second kappa shape index (κ2) is 17.3. The number of aromatic amines is 2. The predicted octanol–water partition coefficient (Wildman–Crippen LogP) is 7.24. The second-order valence-electron chi connectivity index (χ2n) is 15.3. The molecule has 0 unspecified atom stereocenters. The summed E-state index contributed by atoms with van der Waals surface area (Å²) >= 11 is 0. The Morgan fingerprint density at radius 3 is 1.60 bits per heavy atom. The van der Waals surface area contributed by atoms with Crippen LogP contribution in [0.5, 0.6) is 0 Å². The number of nitrogens with zero attached hydrogens (tertiary/aromatic N) is 4. The molecule has 2 aromatic carbocycles. The lowest BCUT2D eigenvalue weighted by atomic mass is 10.0. The van der Waals surface area contributed by atoms with E-state index < -0.39 is 48.1 Å². The van der Waals surface area contributed by atoms with Crippen molar-refractivity contribution in [2.45, 2.75) is 83.7 Å². The van der Waals surface area contributed by atoms with Crippen LogP contribution in [-0.2, 0) is 25.2 Å². The van der Waals surface area contributed by atoms with E-state index >= 15 is 0 Å². The highest BCUT2D eigenvalue weighted by molar-refractivity contribution is 5.87. The Bertz CT molecular complexity index is 2100. The van der Waals surface area contributed by atoms with E-state index in [1.165, 1.54) is 19.1 Å². The van der Waals surface area contributed by atoms with Crippen LogP contribution in [0.2, 0.25) is 0 Å². The number of methoxy groups -OCH3 is 2. The molecule has 4 atom stereocenters. The highest BCUT2D eigenvalue weighted by Gasteiger charge is 2.42. The van der Waals surface area contributed by atoms with Crippen LogP contribution in [0.15, 0.2) is 54.7 Å². The number of amides is 4. The Morgan fingerprint density at radius 2 is 1.16 bits per heavy atom. The molecule has 0 bridgehead atoms. The first-order chi connectivity index (χ1) is 27.6. The van der Waals surface area contributed by atoms with Gasteiger partial charge in [0.25, 0.3) is 0 Å². The summed E-state index contributed by atoms with van der Waals surface area (Å²) in [5, 5.41) is 5.20. The van der Waals surface area contributed by atoms with Crippen molar-refractivity contribution in [1.82, 2.24) is 40.4 Å². The van der Waals surface area contributed by atoms with Crippen LogP contribution in [0.4, 0.5) is 22.8 Å². The van der Waals surface area contributed by atoms with Crippen molar-refractivity contribution in [3.05, 3.63) is 72.1 Å². The number of alkyl halides is 3. The lowest BCUT2D eigenvalue weighted by Crippen LogP contribution is -2.51. The average Bonchev–Trinajstić information content (AvgIpc) is 4.04. The Kier molecular flexibility index (Phi) is 12.5. The molecule has 58 heavy (non-hydrogen) atoms. The number of nitrogens with one attached hydrogen (secondary N) is 4. The average molecular weight is 807 g/mol. The molecule has 0 radical (unpaired) electrons. The van der Waals surface area contributed by atoms with Crippen LogP contribution in [0.3, 0.4) is 0 Å². The quantitative estimate of drug-likeness (QED) is 0.123. The highest BCUT2D eigenvalue weighted by atomic mass is 19.4. The molecule has 4 amide bonds. The monoisotopic (exact) mass is 806 g/mol. The fourth-order valence-corrected chi connectivity index (χ4v) is 7.66. The molecule has 2 saturated heterocycles. The van der Waals surface area contributed by atoms with Crippen LogP contribution in [0.25, 0.3) is 33.6 Å². The maximum atomic E-state index is 14.4. The number of H-pyrrole nitrogens is 2. The number of benzene rings is 2.